The van der Waals surface area contributed by atoms with Gasteiger partial charge in [-0.15, -0.1) is 11.3 Å². The minimum Gasteiger partial charge on any atom is -0.359 e. The summed E-state index contributed by atoms with van der Waals surface area (Å²) in [5.41, 5.74) is 0.970. The van der Waals surface area contributed by atoms with Crippen molar-refractivity contribution in [3.63, 3.8) is 0 Å². The van der Waals surface area contributed by atoms with Crippen LogP contribution in [0.5, 0.6) is 0 Å². The van der Waals surface area contributed by atoms with Gasteiger partial charge in [0.2, 0.25) is 15.9 Å². The Morgan fingerprint density at radius 1 is 1.55 bits per heavy atom. The van der Waals surface area contributed by atoms with Gasteiger partial charge in [0.05, 0.1) is 4.21 Å². The van der Waals surface area contributed by atoms with Gasteiger partial charge in [-0.2, -0.15) is 0 Å². The van der Waals surface area contributed by atoms with Crippen molar-refractivity contribution in [1.82, 2.24) is 14.9 Å². The molecule has 0 spiro atoms. The number of amides is 1. The zero-order valence-corrected chi connectivity index (χ0v) is 14.9. The summed E-state index contributed by atoms with van der Waals surface area (Å²) in [5.74, 6) is -0.0113. The normalized spacial score (nSPS) is 19.0. The molecular weight excluding hydrogens is 344 g/mol. The van der Waals surface area contributed by atoms with Crippen molar-refractivity contribution in [2.24, 2.45) is 5.14 Å². The quantitative estimate of drug-likeness (QED) is 0.635. The molecule has 2 rings (SSSR count). The topological polar surface area (TPSA) is 105 Å². The smallest absolute Gasteiger partial charge is 0.247 e. The van der Waals surface area contributed by atoms with Crippen molar-refractivity contribution in [1.29, 1.82) is 0 Å². The molecule has 22 heavy (non-hydrogen) atoms. The summed E-state index contributed by atoms with van der Waals surface area (Å²) in [4.78, 5) is 11.4. The van der Waals surface area contributed by atoms with Crippen LogP contribution in [0.4, 0.5) is 0 Å². The number of primary sulfonamides is 1. The molecule has 0 unspecified atom stereocenters. The van der Waals surface area contributed by atoms with E-state index in [4.69, 9.17) is 5.14 Å². The van der Waals surface area contributed by atoms with Gasteiger partial charge >= 0.3 is 0 Å². The number of carbonyl (C=O) groups excluding carboxylic acids is 1. The first-order valence-electron chi connectivity index (χ1n) is 6.88. The van der Waals surface area contributed by atoms with Crippen LogP contribution in [-0.4, -0.2) is 45.3 Å². The molecule has 10 heteroatoms. The lowest BCUT2D eigenvalue weighted by Crippen LogP contribution is -2.36. The number of carbonyl (C=O) groups is 1. The van der Waals surface area contributed by atoms with Crippen molar-refractivity contribution in [3.05, 3.63) is 11.6 Å². The van der Waals surface area contributed by atoms with Crippen LogP contribution in [0.15, 0.2) is 14.5 Å². The predicted molar refractivity (Wildman–Crippen MR) is 88.2 cm³/mol. The van der Waals surface area contributed by atoms with Crippen molar-refractivity contribution in [2.75, 3.05) is 26.7 Å². The number of nitrogens with zero attached hydrogens (tertiary/aromatic N) is 1. The number of sulfonamides is 1. The Labute approximate surface area is 138 Å². The Hall–Kier alpha value is -0.650. The number of thiophene rings is 1. The van der Waals surface area contributed by atoms with Gasteiger partial charge in [0.1, 0.15) is 4.21 Å². The number of rotatable bonds is 6. The van der Waals surface area contributed by atoms with Crippen LogP contribution >= 0.6 is 23.3 Å². The standard InChI is InChI=1S/C12H20N4O3S3/c1-3-15-9-7-16(5-4-10(17)14-2)21-12-8(9)6-11(20-12)22(13,18)19/h6,9,15H,3-5,7H2,1-2H3,(H,14,17)(H2,13,18,19)/t9-/m0/s1. The second kappa shape index (κ2) is 7.28. The molecule has 0 aromatic carbocycles. The minimum absolute atomic E-state index is 0.0113. The monoisotopic (exact) mass is 364 g/mol. The molecule has 0 saturated heterocycles. The number of hydrogen-bond acceptors (Lipinski definition) is 7. The summed E-state index contributed by atoms with van der Waals surface area (Å²) in [5, 5.41) is 11.2. The Morgan fingerprint density at radius 2 is 2.27 bits per heavy atom. The van der Waals surface area contributed by atoms with Crippen LogP contribution in [-0.2, 0) is 14.8 Å². The molecule has 1 aromatic rings. The SMILES string of the molecule is CCN[C@H]1CN(CCC(=O)NC)Sc2sc(S(N)(=O)=O)cc21. The molecule has 4 N–H and O–H groups in total. The summed E-state index contributed by atoms with van der Waals surface area (Å²) >= 11 is 2.67. The first-order chi connectivity index (χ1) is 10.3. The number of hydrogen-bond donors (Lipinski definition) is 3. The van der Waals surface area contributed by atoms with Crippen LogP contribution in [0.1, 0.15) is 24.9 Å². The highest BCUT2D eigenvalue weighted by atomic mass is 32.3. The average molecular weight is 365 g/mol. The van der Waals surface area contributed by atoms with Crippen molar-refractivity contribution in [2.45, 2.75) is 27.8 Å². The molecule has 0 fully saturated rings. The second-order valence-corrected chi connectivity index (χ2v) is 9.07. The van der Waals surface area contributed by atoms with Crippen LogP contribution in [0.2, 0.25) is 0 Å². The summed E-state index contributed by atoms with van der Waals surface area (Å²) in [6, 6.07) is 1.70. The maximum Gasteiger partial charge on any atom is 0.247 e. The molecule has 1 aliphatic rings. The molecule has 7 nitrogen and oxygen atoms in total. The van der Waals surface area contributed by atoms with Gasteiger partial charge in [-0.25, -0.2) is 17.9 Å². The highest BCUT2D eigenvalue weighted by Gasteiger charge is 2.30. The van der Waals surface area contributed by atoms with Gasteiger partial charge in [0, 0.05) is 32.6 Å². The van der Waals surface area contributed by atoms with E-state index >= 15 is 0 Å². The first kappa shape index (κ1) is 17.7. The molecule has 0 radical (unpaired) electrons. The van der Waals surface area contributed by atoms with E-state index in [1.54, 1.807) is 13.1 Å². The van der Waals surface area contributed by atoms with Crippen LogP contribution in [0.25, 0.3) is 0 Å². The van der Waals surface area contributed by atoms with Crippen LogP contribution in [0.3, 0.4) is 0 Å². The lowest BCUT2D eigenvalue weighted by molar-refractivity contribution is -0.120. The fourth-order valence-electron chi connectivity index (χ4n) is 2.19. The highest BCUT2D eigenvalue weighted by Crippen LogP contribution is 2.43. The summed E-state index contributed by atoms with van der Waals surface area (Å²) < 4.78 is 26.3. The Kier molecular flexibility index (Phi) is 5.86. The van der Waals surface area contributed by atoms with E-state index < -0.39 is 10.0 Å². The second-order valence-electron chi connectivity index (χ2n) is 4.87. The van der Waals surface area contributed by atoms with Crippen molar-refractivity contribution < 1.29 is 13.2 Å². The highest BCUT2D eigenvalue weighted by molar-refractivity contribution is 7.99. The van der Waals surface area contributed by atoms with E-state index in [0.717, 1.165) is 16.3 Å². The number of nitrogens with one attached hydrogen (secondary N) is 2. The van der Waals surface area contributed by atoms with Gasteiger partial charge in [-0.05, 0) is 30.1 Å². The summed E-state index contributed by atoms with van der Waals surface area (Å²) in [6.45, 7) is 4.10. The third kappa shape index (κ3) is 4.21. The van der Waals surface area contributed by atoms with E-state index in [-0.39, 0.29) is 16.2 Å². The molecule has 1 atom stereocenters. The Balaban J connectivity index is 2.20. The summed E-state index contributed by atoms with van der Waals surface area (Å²) in [7, 11) is -2.07. The fourth-order valence-corrected chi connectivity index (χ4v) is 5.72. The van der Waals surface area contributed by atoms with E-state index in [9.17, 15) is 13.2 Å². The largest absolute Gasteiger partial charge is 0.359 e. The third-order valence-corrected chi connectivity index (χ3v) is 7.10. The van der Waals surface area contributed by atoms with E-state index in [1.807, 2.05) is 6.92 Å². The maximum absolute atomic E-state index is 11.5. The molecule has 0 aliphatic carbocycles. The van der Waals surface area contributed by atoms with Gasteiger partial charge < -0.3 is 10.6 Å². The Morgan fingerprint density at radius 3 is 2.86 bits per heavy atom. The van der Waals surface area contributed by atoms with E-state index in [1.165, 1.54) is 23.3 Å². The molecule has 1 aliphatic heterocycles. The van der Waals surface area contributed by atoms with Crippen molar-refractivity contribution >= 4 is 39.2 Å². The maximum atomic E-state index is 11.5. The zero-order chi connectivity index (χ0) is 16.3. The average Bonchev–Trinajstić information content (AvgIpc) is 2.89. The Bertz CT molecular complexity index is 644. The number of likely N-dealkylation sites (N-methyl/N-ethyl adjacent to an activating group) is 1. The summed E-state index contributed by atoms with van der Waals surface area (Å²) in [6.07, 6.45) is 0.408. The molecule has 124 valence electrons. The minimum atomic E-state index is -3.69. The molecular formula is C12H20N4O3S3. The third-order valence-electron chi connectivity index (χ3n) is 3.27. The molecule has 2 heterocycles. The van der Waals surface area contributed by atoms with Gasteiger partial charge in [0.15, 0.2) is 0 Å². The predicted octanol–water partition coefficient (Wildman–Crippen LogP) is 0.505. The van der Waals surface area contributed by atoms with Crippen LogP contribution < -0.4 is 15.8 Å². The molecule has 0 bridgehead atoms. The van der Waals surface area contributed by atoms with E-state index in [2.05, 4.69) is 14.9 Å². The van der Waals surface area contributed by atoms with Crippen molar-refractivity contribution in [3.8, 4) is 0 Å². The lowest BCUT2D eigenvalue weighted by atomic mass is 10.1. The lowest BCUT2D eigenvalue weighted by Gasteiger charge is -2.31. The van der Waals surface area contributed by atoms with Gasteiger partial charge in [-0.1, -0.05) is 6.92 Å². The number of fused-ring (bicyclic) bond motifs is 1. The van der Waals surface area contributed by atoms with Crippen LogP contribution in [0, 0.1) is 0 Å². The molecule has 0 saturated carbocycles. The molecule has 1 aromatic heterocycles. The first-order valence-corrected chi connectivity index (χ1v) is 10.0. The zero-order valence-electron chi connectivity index (χ0n) is 12.5. The fraction of sp³-hybridized carbons (Fsp3) is 0.583. The van der Waals surface area contributed by atoms with E-state index in [0.29, 0.717) is 19.5 Å². The van der Waals surface area contributed by atoms with Gasteiger partial charge in [-0.3, -0.25) is 4.79 Å². The molecule has 1 amide bonds. The van der Waals surface area contributed by atoms with Gasteiger partial charge in [0.25, 0.3) is 0 Å². The number of nitrogens with two attached hydrogens (primary N) is 1.